The lowest BCUT2D eigenvalue weighted by atomic mass is 10.2. The van der Waals surface area contributed by atoms with Gasteiger partial charge in [0.05, 0.1) is 28.5 Å². The summed E-state index contributed by atoms with van der Waals surface area (Å²) in [5.74, 6) is -0.445. The Morgan fingerprint density at radius 3 is 2.57 bits per heavy atom. The Bertz CT molecular complexity index is 979. The predicted molar refractivity (Wildman–Crippen MR) is 88.3 cm³/mol. The Balaban J connectivity index is 1.92. The fraction of sp³-hybridized carbons (Fsp3) is 0.0667. The number of aromatic nitrogens is 2. The van der Waals surface area contributed by atoms with Crippen molar-refractivity contribution in [3.8, 4) is 0 Å². The molecule has 0 atom stereocenters. The zero-order valence-corrected chi connectivity index (χ0v) is 13.0. The second kappa shape index (κ2) is 5.73. The number of fused-ring (bicyclic) bond motifs is 1. The van der Waals surface area contributed by atoms with Crippen molar-refractivity contribution in [1.29, 1.82) is 0 Å². The molecular formula is C15H14N4O3S. The van der Waals surface area contributed by atoms with Crippen molar-refractivity contribution in [2.24, 2.45) is 0 Å². The molecule has 0 spiro atoms. The summed E-state index contributed by atoms with van der Waals surface area (Å²) >= 11 is 0. The van der Waals surface area contributed by atoms with E-state index in [2.05, 4.69) is 15.1 Å². The van der Waals surface area contributed by atoms with E-state index in [9.17, 15) is 13.2 Å². The summed E-state index contributed by atoms with van der Waals surface area (Å²) in [4.78, 5) is 16.7. The van der Waals surface area contributed by atoms with Crippen molar-refractivity contribution in [3.63, 3.8) is 0 Å². The predicted octanol–water partition coefficient (Wildman–Crippen LogP) is 1.79. The Kier molecular flexibility index (Phi) is 3.75. The molecule has 2 aromatic carbocycles. The van der Waals surface area contributed by atoms with Gasteiger partial charge in [-0.25, -0.2) is 18.1 Å². The second-order valence-corrected chi connectivity index (χ2v) is 6.71. The summed E-state index contributed by atoms with van der Waals surface area (Å²) in [5, 5.41) is 0. The highest BCUT2D eigenvalue weighted by Crippen LogP contribution is 2.17. The molecule has 2 N–H and O–H groups in total. The van der Waals surface area contributed by atoms with Crippen molar-refractivity contribution in [2.75, 3.05) is 16.4 Å². The van der Waals surface area contributed by atoms with Crippen LogP contribution < -0.4 is 10.1 Å². The quantitative estimate of drug-likeness (QED) is 0.763. The number of para-hydroxylation sites is 3. The van der Waals surface area contributed by atoms with Crippen LogP contribution in [-0.4, -0.2) is 30.2 Å². The van der Waals surface area contributed by atoms with Gasteiger partial charge in [0.25, 0.3) is 5.91 Å². The number of carbonyl (C=O) groups excluding carboxylic acids is 1. The zero-order valence-electron chi connectivity index (χ0n) is 12.2. The smallest absolute Gasteiger partial charge is 0.272 e. The van der Waals surface area contributed by atoms with E-state index in [0.29, 0.717) is 0 Å². The van der Waals surface area contributed by atoms with Gasteiger partial charge in [0, 0.05) is 0 Å². The number of nitrogens with zero attached hydrogens (tertiary/aromatic N) is 2. The van der Waals surface area contributed by atoms with Gasteiger partial charge < -0.3 is 0 Å². The molecule has 1 aromatic heterocycles. The van der Waals surface area contributed by atoms with Gasteiger partial charge in [-0.2, -0.15) is 0 Å². The molecule has 7 nitrogen and oxygen atoms in total. The third kappa shape index (κ3) is 3.32. The molecule has 0 unspecified atom stereocenters. The van der Waals surface area contributed by atoms with E-state index in [4.69, 9.17) is 0 Å². The fourth-order valence-electron chi connectivity index (χ4n) is 2.19. The van der Waals surface area contributed by atoms with Gasteiger partial charge in [0.1, 0.15) is 6.33 Å². The molecule has 118 valence electrons. The maximum Gasteiger partial charge on any atom is 0.272 e. The maximum absolute atomic E-state index is 12.5. The summed E-state index contributed by atoms with van der Waals surface area (Å²) in [7, 11) is -3.48. The standard InChI is InChI=1S/C15H14N4O3S/c1-23(21,22)18-12-7-3-2-6-11(12)15(20)17-19-10-16-13-8-4-5-9-14(13)19/h2-10,18H,1H3,(H,17,20). The van der Waals surface area contributed by atoms with Crippen LogP contribution in [0.2, 0.25) is 0 Å². The van der Waals surface area contributed by atoms with E-state index >= 15 is 0 Å². The number of nitrogens with one attached hydrogen (secondary N) is 2. The third-order valence-corrected chi connectivity index (χ3v) is 3.73. The lowest BCUT2D eigenvalue weighted by molar-refractivity contribution is 0.101. The van der Waals surface area contributed by atoms with Crippen LogP contribution in [0.5, 0.6) is 0 Å². The molecule has 0 saturated carbocycles. The lowest BCUT2D eigenvalue weighted by Gasteiger charge is -2.11. The largest absolute Gasteiger partial charge is 0.283 e. The van der Waals surface area contributed by atoms with Crippen LogP contribution in [0.4, 0.5) is 5.69 Å². The minimum Gasteiger partial charge on any atom is -0.283 e. The van der Waals surface area contributed by atoms with Gasteiger partial charge in [0.15, 0.2) is 0 Å². The number of sulfonamides is 1. The topological polar surface area (TPSA) is 93.1 Å². The minimum atomic E-state index is -3.48. The van der Waals surface area contributed by atoms with E-state index in [1.807, 2.05) is 24.3 Å². The van der Waals surface area contributed by atoms with Gasteiger partial charge in [-0.1, -0.05) is 24.3 Å². The van der Waals surface area contributed by atoms with Gasteiger partial charge in [-0.15, -0.1) is 0 Å². The Labute approximate surface area is 133 Å². The monoisotopic (exact) mass is 330 g/mol. The Hall–Kier alpha value is -2.87. The second-order valence-electron chi connectivity index (χ2n) is 4.96. The fourth-order valence-corrected chi connectivity index (χ4v) is 2.77. The summed E-state index contributed by atoms with van der Waals surface area (Å²) in [5.41, 5.74) is 4.62. The first-order valence-corrected chi connectivity index (χ1v) is 8.63. The SMILES string of the molecule is CS(=O)(=O)Nc1ccccc1C(=O)Nn1cnc2ccccc21. The summed E-state index contributed by atoms with van der Waals surface area (Å²) in [6.07, 6.45) is 2.53. The van der Waals surface area contributed by atoms with Crippen LogP contribution >= 0.6 is 0 Å². The van der Waals surface area contributed by atoms with Crippen molar-refractivity contribution in [3.05, 3.63) is 60.4 Å². The van der Waals surface area contributed by atoms with Crippen LogP contribution in [0.15, 0.2) is 54.9 Å². The molecule has 0 radical (unpaired) electrons. The first-order valence-electron chi connectivity index (χ1n) is 6.74. The highest BCUT2D eigenvalue weighted by Gasteiger charge is 2.14. The summed E-state index contributed by atoms with van der Waals surface area (Å²) in [6, 6.07) is 13.7. The number of hydrogen-bond acceptors (Lipinski definition) is 4. The van der Waals surface area contributed by atoms with E-state index in [0.717, 1.165) is 17.3 Å². The molecule has 0 saturated heterocycles. The van der Waals surface area contributed by atoms with Gasteiger partial charge in [0.2, 0.25) is 10.0 Å². The maximum atomic E-state index is 12.5. The molecule has 1 heterocycles. The number of benzene rings is 2. The van der Waals surface area contributed by atoms with E-state index < -0.39 is 15.9 Å². The lowest BCUT2D eigenvalue weighted by Crippen LogP contribution is -2.23. The highest BCUT2D eigenvalue weighted by molar-refractivity contribution is 7.92. The molecule has 0 bridgehead atoms. The van der Waals surface area contributed by atoms with Crippen LogP contribution in [0.25, 0.3) is 11.0 Å². The number of amides is 1. The van der Waals surface area contributed by atoms with Gasteiger partial charge >= 0.3 is 0 Å². The van der Waals surface area contributed by atoms with E-state index in [1.165, 1.54) is 17.1 Å². The zero-order chi connectivity index (χ0) is 16.4. The molecule has 1 amide bonds. The number of imidazole rings is 1. The highest BCUT2D eigenvalue weighted by atomic mass is 32.2. The van der Waals surface area contributed by atoms with Gasteiger partial charge in [-0.3, -0.25) is 14.9 Å². The van der Waals surface area contributed by atoms with Crippen LogP contribution in [0, 0.1) is 0 Å². The van der Waals surface area contributed by atoms with Crippen molar-refractivity contribution < 1.29 is 13.2 Å². The van der Waals surface area contributed by atoms with E-state index in [-0.39, 0.29) is 11.3 Å². The molecule has 8 heteroatoms. The normalized spacial score (nSPS) is 11.3. The van der Waals surface area contributed by atoms with Crippen LogP contribution in [-0.2, 0) is 10.0 Å². The molecule has 0 aliphatic rings. The van der Waals surface area contributed by atoms with Crippen LogP contribution in [0.1, 0.15) is 10.4 Å². The third-order valence-electron chi connectivity index (χ3n) is 3.14. The average Bonchev–Trinajstić information content (AvgIpc) is 2.89. The molecule has 3 aromatic rings. The van der Waals surface area contributed by atoms with Gasteiger partial charge in [-0.05, 0) is 24.3 Å². The van der Waals surface area contributed by atoms with Crippen molar-refractivity contribution in [2.45, 2.75) is 0 Å². The molecule has 0 aliphatic heterocycles. The number of hydrogen-bond donors (Lipinski definition) is 2. The number of carbonyl (C=O) groups is 1. The summed E-state index contributed by atoms with van der Waals surface area (Å²) < 4.78 is 26.6. The molecular weight excluding hydrogens is 316 g/mol. The molecule has 23 heavy (non-hydrogen) atoms. The minimum absolute atomic E-state index is 0.218. The first kappa shape index (κ1) is 15.0. The molecule has 0 aliphatic carbocycles. The van der Waals surface area contributed by atoms with Crippen LogP contribution in [0.3, 0.4) is 0 Å². The number of rotatable bonds is 4. The Morgan fingerprint density at radius 1 is 1.09 bits per heavy atom. The van der Waals surface area contributed by atoms with E-state index in [1.54, 1.807) is 18.2 Å². The number of anilines is 1. The Morgan fingerprint density at radius 2 is 1.78 bits per heavy atom. The molecule has 0 fully saturated rings. The molecule has 3 rings (SSSR count). The van der Waals surface area contributed by atoms with Crippen molar-refractivity contribution >= 4 is 32.7 Å². The average molecular weight is 330 g/mol. The summed E-state index contributed by atoms with van der Waals surface area (Å²) in [6.45, 7) is 0. The first-order chi connectivity index (χ1) is 10.9. The van der Waals surface area contributed by atoms with Crippen molar-refractivity contribution in [1.82, 2.24) is 9.66 Å².